The Labute approximate surface area is 163 Å². The lowest BCUT2D eigenvalue weighted by Crippen LogP contribution is -2.42. The topological polar surface area (TPSA) is 49.4 Å². The lowest BCUT2D eigenvalue weighted by atomic mass is 10.1. The number of fused-ring (bicyclic) bond motifs is 1. The van der Waals surface area contributed by atoms with Gasteiger partial charge in [0.1, 0.15) is 6.54 Å². The molecule has 0 unspecified atom stereocenters. The zero-order chi connectivity index (χ0) is 18.5. The number of thiophene rings is 1. The molecule has 3 rings (SSSR count). The summed E-state index contributed by atoms with van der Waals surface area (Å²) in [7, 11) is 0. The van der Waals surface area contributed by atoms with Gasteiger partial charge < -0.3 is 10.2 Å². The third kappa shape index (κ3) is 4.48. The third-order valence-corrected chi connectivity index (χ3v) is 6.91. The maximum atomic E-state index is 12.4. The molecule has 1 aromatic carbocycles. The second-order valence-electron chi connectivity index (χ2n) is 6.46. The van der Waals surface area contributed by atoms with Crippen LogP contribution in [0.3, 0.4) is 0 Å². The predicted molar refractivity (Wildman–Crippen MR) is 109 cm³/mol. The Morgan fingerprint density at radius 3 is 2.88 bits per heavy atom. The summed E-state index contributed by atoms with van der Waals surface area (Å²) < 4.78 is 1.16. The van der Waals surface area contributed by atoms with Gasteiger partial charge in [-0.15, -0.1) is 23.1 Å². The van der Waals surface area contributed by atoms with Gasteiger partial charge in [-0.05, 0) is 37.0 Å². The summed E-state index contributed by atoms with van der Waals surface area (Å²) in [5, 5.41) is 2.94. The first-order valence-corrected chi connectivity index (χ1v) is 10.8. The van der Waals surface area contributed by atoms with Crippen LogP contribution in [-0.4, -0.2) is 24.1 Å². The smallest absolute Gasteiger partial charge is 0.240 e. The monoisotopic (exact) mass is 388 g/mol. The van der Waals surface area contributed by atoms with Crippen LogP contribution in [0.1, 0.15) is 35.8 Å². The molecule has 1 aliphatic heterocycles. The number of anilines is 1. The fourth-order valence-electron chi connectivity index (χ4n) is 2.89. The van der Waals surface area contributed by atoms with E-state index >= 15 is 0 Å². The molecule has 0 aliphatic carbocycles. The van der Waals surface area contributed by atoms with Crippen molar-refractivity contribution in [1.29, 1.82) is 0 Å². The molecular weight excluding hydrogens is 364 g/mol. The second-order valence-corrected chi connectivity index (χ2v) is 8.84. The summed E-state index contributed by atoms with van der Waals surface area (Å²) >= 11 is 3.35. The van der Waals surface area contributed by atoms with E-state index in [9.17, 15) is 9.59 Å². The van der Waals surface area contributed by atoms with Gasteiger partial charge in [0.15, 0.2) is 0 Å². The predicted octanol–water partition coefficient (Wildman–Crippen LogP) is 4.15. The lowest BCUT2D eigenvalue weighted by Gasteiger charge is -2.26. The molecule has 0 spiro atoms. The number of unbranched alkanes of at least 4 members (excludes halogenated alkanes) is 1. The number of hydrogen-bond acceptors (Lipinski definition) is 4. The van der Waals surface area contributed by atoms with Gasteiger partial charge in [0, 0.05) is 11.4 Å². The van der Waals surface area contributed by atoms with Crippen LogP contribution in [0.5, 0.6) is 0 Å². The molecule has 0 radical (unpaired) electrons. The SMILES string of the molecule is CCCCc1cc2c(s1)SCC(=O)N2CC(=O)NCc1ccccc1C. The summed E-state index contributed by atoms with van der Waals surface area (Å²) in [4.78, 5) is 27.7. The van der Waals surface area contributed by atoms with E-state index in [0.717, 1.165) is 40.3 Å². The standard InChI is InChI=1S/C20H24N2O2S2/c1-3-4-9-16-10-17-20(26-16)25-13-19(24)22(17)12-18(23)21-11-15-8-6-5-7-14(15)2/h5-8,10H,3-4,9,11-13H2,1-2H3,(H,21,23). The Kier molecular flexibility index (Phi) is 6.38. The molecule has 4 nitrogen and oxygen atoms in total. The van der Waals surface area contributed by atoms with Crippen LogP contribution in [0, 0.1) is 6.92 Å². The molecule has 1 aliphatic rings. The van der Waals surface area contributed by atoms with Crippen molar-refractivity contribution >= 4 is 40.6 Å². The maximum Gasteiger partial charge on any atom is 0.240 e. The number of nitrogens with zero attached hydrogens (tertiary/aromatic N) is 1. The highest BCUT2D eigenvalue weighted by molar-refractivity contribution is 8.02. The maximum absolute atomic E-state index is 12.4. The molecule has 1 N–H and O–H groups in total. The molecule has 0 fully saturated rings. The van der Waals surface area contributed by atoms with E-state index in [2.05, 4.69) is 18.3 Å². The van der Waals surface area contributed by atoms with Crippen molar-refractivity contribution < 1.29 is 9.59 Å². The van der Waals surface area contributed by atoms with E-state index in [-0.39, 0.29) is 18.4 Å². The normalized spacial score (nSPS) is 13.6. The van der Waals surface area contributed by atoms with E-state index in [1.54, 1.807) is 28.0 Å². The minimum Gasteiger partial charge on any atom is -0.350 e. The van der Waals surface area contributed by atoms with E-state index in [1.807, 2.05) is 31.2 Å². The summed E-state index contributed by atoms with van der Waals surface area (Å²) in [6.45, 7) is 4.78. The molecule has 2 amide bonds. The molecule has 2 heterocycles. The van der Waals surface area contributed by atoms with Crippen molar-refractivity contribution in [3.8, 4) is 0 Å². The molecule has 0 saturated carbocycles. The number of amides is 2. The van der Waals surface area contributed by atoms with Crippen molar-refractivity contribution in [1.82, 2.24) is 5.32 Å². The average Bonchev–Trinajstić information content (AvgIpc) is 3.05. The summed E-state index contributed by atoms with van der Waals surface area (Å²) in [6, 6.07) is 10.1. The van der Waals surface area contributed by atoms with Crippen molar-refractivity contribution in [3.63, 3.8) is 0 Å². The van der Waals surface area contributed by atoms with Crippen LogP contribution in [-0.2, 0) is 22.6 Å². The molecule has 6 heteroatoms. The van der Waals surface area contributed by atoms with Crippen LogP contribution in [0.25, 0.3) is 0 Å². The highest BCUT2D eigenvalue weighted by Crippen LogP contribution is 2.42. The Morgan fingerprint density at radius 2 is 2.12 bits per heavy atom. The van der Waals surface area contributed by atoms with E-state index in [0.29, 0.717) is 12.3 Å². The third-order valence-electron chi connectivity index (χ3n) is 4.46. The van der Waals surface area contributed by atoms with Gasteiger partial charge in [-0.2, -0.15) is 0 Å². The van der Waals surface area contributed by atoms with Gasteiger partial charge in [-0.3, -0.25) is 9.59 Å². The van der Waals surface area contributed by atoms with Crippen molar-refractivity contribution in [2.75, 3.05) is 17.2 Å². The zero-order valence-electron chi connectivity index (χ0n) is 15.2. The molecule has 138 valence electrons. The van der Waals surface area contributed by atoms with Gasteiger partial charge in [-0.25, -0.2) is 0 Å². The Balaban J connectivity index is 1.65. The zero-order valence-corrected chi connectivity index (χ0v) is 16.8. The molecule has 0 atom stereocenters. The quantitative estimate of drug-likeness (QED) is 0.775. The second kappa shape index (κ2) is 8.73. The molecule has 26 heavy (non-hydrogen) atoms. The number of rotatable bonds is 7. The van der Waals surface area contributed by atoms with Crippen LogP contribution < -0.4 is 10.2 Å². The van der Waals surface area contributed by atoms with Gasteiger partial charge in [0.2, 0.25) is 11.8 Å². The number of carbonyl (C=O) groups is 2. The first-order valence-electron chi connectivity index (χ1n) is 8.95. The van der Waals surface area contributed by atoms with Gasteiger partial charge in [0.05, 0.1) is 15.6 Å². The summed E-state index contributed by atoms with van der Waals surface area (Å²) in [5.74, 6) is 0.292. The lowest BCUT2D eigenvalue weighted by molar-refractivity contribution is -0.123. The minimum absolute atomic E-state index is 0.00776. The highest BCUT2D eigenvalue weighted by atomic mass is 32.2. The van der Waals surface area contributed by atoms with E-state index in [4.69, 9.17) is 0 Å². The number of aryl methyl sites for hydroxylation is 2. The first-order chi connectivity index (χ1) is 12.6. The largest absolute Gasteiger partial charge is 0.350 e. The molecule has 1 aromatic heterocycles. The number of thioether (sulfide) groups is 1. The number of carbonyl (C=O) groups excluding carboxylic acids is 2. The van der Waals surface area contributed by atoms with Gasteiger partial charge in [-0.1, -0.05) is 37.6 Å². The Bertz CT molecular complexity index is 801. The Morgan fingerprint density at radius 1 is 1.31 bits per heavy atom. The van der Waals surface area contributed by atoms with Crippen molar-refractivity contribution in [2.45, 2.75) is 43.9 Å². The Hall–Kier alpha value is -1.79. The number of hydrogen-bond donors (Lipinski definition) is 1. The molecule has 0 bridgehead atoms. The van der Waals surface area contributed by atoms with Crippen LogP contribution in [0.2, 0.25) is 0 Å². The molecular formula is C20H24N2O2S2. The summed E-state index contributed by atoms with van der Waals surface area (Å²) in [6.07, 6.45) is 3.34. The number of benzene rings is 1. The fourth-order valence-corrected chi connectivity index (χ4v) is 5.28. The molecule has 0 saturated heterocycles. The van der Waals surface area contributed by atoms with Crippen molar-refractivity contribution in [2.24, 2.45) is 0 Å². The first kappa shape index (κ1) is 19.0. The number of nitrogens with one attached hydrogen (secondary N) is 1. The average molecular weight is 389 g/mol. The fraction of sp³-hybridized carbons (Fsp3) is 0.400. The highest BCUT2D eigenvalue weighted by Gasteiger charge is 2.28. The minimum atomic E-state index is -0.124. The summed E-state index contributed by atoms with van der Waals surface area (Å²) in [5.41, 5.74) is 3.16. The van der Waals surface area contributed by atoms with Crippen LogP contribution >= 0.6 is 23.1 Å². The van der Waals surface area contributed by atoms with Crippen LogP contribution in [0.15, 0.2) is 34.5 Å². The van der Waals surface area contributed by atoms with E-state index in [1.165, 1.54) is 4.88 Å². The van der Waals surface area contributed by atoms with E-state index < -0.39 is 0 Å². The van der Waals surface area contributed by atoms with Gasteiger partial charge in [0.25, 0.3) is 0 Å². The van der Waals surface area contributed by atoms with Gasteiger partial charge >= 0.3 is 0 Å². The van der Waals surface area contributed by atoms with Crippen LogP contribution in [0.4, 0.5) is 5.69 Å². The molecule has 2 aromatic rings. The van der Waals surface area contributed by atoms with Crippen molar-refractivity contribution in [3.05, 3.63) is 46.3 Å².